The Labute approximate surface area is 270 Å². The molecule has 1 atom stereocenters. The molecular weight excluding hydrogens is 636 g/mol. The molecule has 44 heavy (non-hydrogen) atoms. The highest BCUT2D eigenvalue weighted by atomic mass is 79.9. The number of rotatable bonds is 9. The van der Waals surface area contributed by atoms with Gasteiger partial charge in [0.15, 0.2) is 5.65 Å². The van der Waals surface area contributed by atoms with E-state index in [9.17, 15) is 9.59 Å². The van der Waals surface area contributed by atoms with Crippen LogP contribution >= 0.6 is 27.7 Å². The molecule has 8 nitrogen and oxygen atoms in total. The molecule has 0 saturated carbocycles. The number of unbranched alkanes of at least 4 members (excludes halogenated alkanes) is 1. The number of benzene rings is 3. The van der Waals surface area contributed by atoms with Crippen LogP contribution in [0.2, 0.25) is 0 Å². The van der Waals surface area contributed by atoms with Crippen molar-refractivity contribution >= 4 is 61.6 Å². The van der Waals surface area contributed by atoms with Crippen molar-refractivity contribution in [2.75, 3.05) is 25.4 Å². The fourth-order valence-electron chi connectivity index (χ4n) is 5.88. The first-order valence-corrected chi connectivity index (χ1v) is 16.8. The number of fused-ring (bicyclic) bond motifs is 3. The van der Waals surface area contributed by atoms with Gasteiger partial charge in [-0.3, -0.25) is 9.59 Å². The van der Waals surface area contributed by atoms with E-state index >= 15 is 0 Å². The van der Waals surface area contributed by atoms with Crippen molar-refractivity contribution in [3.63, 3.8) is 0 Å². The number of piperazine rings is 1. The molecule has 1 fully saturated rings. The summed E-state index contributed by atoms with van der Waals surface area (Å²) in [4.78, 5) is 34.7. The second kappa shape index (κ2) is 13.5. The quantitative estimate of drug-likeness (QED) is 0.128. The molecule has 0 aliphatic carbocycles. The average Bonchev–Trinajstić information content (AvgIpc) is 3.33. The van der Waals surface area contributed by atoms with Crippen LogP contribution in [0.3, 0.4) is 0 Å². The summed E-state index contributed by atoms with van der Waals surface area (Å²) in [5.41, 5.74) is 5.86. The molecule has 2 amide bonds. The molecule has 1 saturated heterocycles. The molecule has 2 aromatic heterocycles. The molecule has 5 aromatic rings. The summed E-state index contributed by atoms with van der Waals surface area (Å²) in [6.45, 7) is 6.49. The van der Waals surface area contributed by atoms with E-state index in [2.05, 4.69) is 74.0 Å². The van der Waals surface area contributed by atoms with Crippen LogP contribution in [-0.2, 0) is 11.3 Å². The van der Waals surface area contributed by atoms with E-state index in [1.165, 1.54) is 11.1 Å². The summed E-state index contributed by atoms with van der Waals surface area (Å²) in [5, 5.41) is 10.7. The van der Waals surface area contributed by atoms with Gasteiger partial charge in [0.2, 0.25) is 11.1 Å². The van der Waals surface area contributed by atoms with E-state index in [1.54, 1.807) is 11.8 Å². The first-order chi connectivity index (χ1) is 21.4. The van der Waals surface area contributed by atoms with E-state index in [-0.39, 0.29) is 17.9 Å². The maximum atomic E-state index is 13.0. The predicted molar refractivity (Wildman–Crippen MR) is 179 cm³/mol. The molecule has 0 bridgehead atoms. The summed E-state index contributed by atoms with van der Waals surface area (Å²) in [6, 6.07) is 24.2. The highest BCUT2D eigenvalue weighted by Crippen LogP contribution is 2.28. The number of carbonyl (C=O) groups is 2. The van der Waals surface area contributed by atoms with Crippen LogP contribution in [0.5, 0.6) is 0 Å². The van der Waals surface area contributed by atoms with Crippen LogP contribution in [0.4, 0.5) is 0 Å². The van der Waals surface area contributed by atoms with Crippen molar-refractivity contribution in [2.24, 2.45) is 0 Å². The lowest BCUT2D eigenvalue weighted by atomic mass is 10.1. The normalized spacial score (nSPS) is 15.3. The van der Waals surface area contributed by atoms with E-state index in [0.29, 0.717) is 43.3 Å². The molecule has 3 heterocycles. The van der Waals surface area contributed by atoms with Gasteiger partial charge in [-0.15, -0.1) is 10.2 Å². The molecular formula is C34H35BrN6O2S. The molecule has 0 radical (unpaired) electrons. The van der Waals surface area contributed by atoms with Crippen molar-refractivity contribution in [3.05, 3.63) is 94.0 Å². The molecule has 0 spiro atoms. The summed E-state index contributed by atoms with van der Waals surface area (Å²) in [7, 11) is 0. The number of hydrogen-bond acceptors (Lipinski definition) is 6. The third-order valence-electron chi connectivity index (χ3n) is 8.11. The Morgan fingerprint density at radius 2 is 1.82 bits per heavy atom. The molecule has 226 valence electrons. The minimum atomic E-state index is -0.0317. The van der Waals surface area contributed by atoms with Gasteiger partial charge in [-0.05, 0) is 56.5 Å². The van der Waals surface area contributed by atoms with Crippen molar-refractivity contribution < 1.29 is 9.59 Å². The Bertz CT molecular complexity index is 1820. The number of hydrogen-bond donors (Lipinski definition) is 0. The fraction of sp³-hybridized carbons (Fsp3) is 0.324. The highest BCUT2D eigenvalue weighted by molar-refractivity contribution is 9.10. The topological polar surface area (TPSA) is 84.2 Å². The number of amides is 2. The summed E-state index contributed by atoms with van der Waals surface area (Å²) >= 11 is 5.02. The minimum absolute atomic E-state index is 0.00773. The number of carbonyl (C=O) groups excluding carboxylic acids is 2. The van der Waals surface area contributed by atoms with Gasteiger partial charge in [0, 0.05) is 59.8 Å². The van der Waals surface area contributed by atoms with Crippen molar-refractivity contribution in [1.82, 2.24) is 29.5 Å². The van der Waals surface area contributed by atoms with Gasteiger partial charge in [0.1, 0.15) is 5.52 Å². The lowest BCUT2D eigenvalue weighted by Crippen LogP contribution is -2.55. The van der Waals surface area contributed by atoms with Crippen molar-refractivity contribution in [2.45, 2.75) is 50.9 Å². The fourth-order valence-corrected chi connectivity index (χ4v) is 7.06. The summed E-state index contributed by atoms with van der Waals surface area (Å²) < 4.78 is 3.11. The Morgan fingerprint density at radius 1 is 0.977 bits per heavy atom. The van der Waals surface area contributed by atoms with Gasteiger partial charge in [-0.25, -0.2) is 4.98 Å². The van der Waals surface area contributed by atoms with Gasteiger partial charge < -0.3 is 14.4 Å². The number of para-hydroxylation sites is 1. The molecule has 6 rings (SSSR count). The van der Waals surface area contributed by atoms with Crippen LogP contribution in [0, 0.1) is 6.92 Å². The maximum absolute atomic E-state index is 13.0. The lowest BCUT2D eigenvalue weighted by Gasteiger charge is -2.40. The summed E-state index contributed by atoms with van der Waals surface area (Å²) in [6.07, 6.45) is 2.16. The SMILES string of the molecule is Cc1cccc(Cn2c3ccccc3c3nnc(SCCCCC(=O)N4CCN(C(=O)c5cccc(Br)c5)C(C)C4)nc32)c1. The van der Waals surface area contributed by atoms with Crippen molar-refractivity contribution in [3.8, 4) is 0 Å². The van der Waals surface area contributed by atoms with Gasteiger partial charge in [-0.2, -0.15) is 0 Å². The minimum Gasteiger partial charge on any atom is -0.339 e. The van der Waals surface area contributed by atoms with Gasteiger partial charge in [0.25, 0.3) is 5.91 Å². The number of nitrogens with zero attached hydrogens (tertiary/aromatic N) is 6. The number of aromatic nitrogens is 4. The second-order valence-electron chi connectivity index (χ2n) is 11.4. The predicted octanol–water partition coefficient (Wildman–Crippen LogP) is 6.73. The highest BCUT2D eigenvalue weighted by Gasteiger charge is 2.30. The van der Waals surface area contributed by atoms with Gasteiger partial charge in [-0.1, -0.05) is 81.8 Å². The van der Waals surface area contributed by atoms with E-state index < -0.39 is 0 Å². The van der Waals surface area contributed by atoms with Crippen LogP contribution in [0.1, 0.15) is 47.7 Å². The zero-order valence-corrected chi connectivity index (χ0v) is 27.4. The van der Waals surface area contributed by atoms with E-state index in [0.717, 1.165) is 45.1 Å². The largest absolute Gasteiger partial charge is 0.339 e. The van der Waals surface area contributed by atoms with Crippen LogP contribution in [0.25, 0.3) is 22.1 Å². The Hall–Kier alpha value is -3.76. The lowest BCUT2D eigenvalue weighted by molar-refractivity contribution is -0.133. The zero-order valence-electron chi connectivity index (χ0n) is 24.9. The van der Waals surface area contributed by atoms with E-state index in [4.69, 9.17) is 4.98 Å². The standard InChI is InChI=1S/C34H35BrN6O2S/c1-23-9-7-10-25(19-23)22-41-29-14-4-3-13-28(29)31-32(41)36-34(38-37-31)44-18-6-5-15-30(42)39-16-17-40(24(2)21-39)33(43)26-11-8-12-27(35)20-26/h3-4,7-14,19-20,24H,5-6,15-18,21-22H2,1-2H3. The molecule has 3 aromatic carbocycles. The maximum Gasteiger partial charge on any atom is 0.254 e. The average molecular weight is 672 g/mol. The van der Waals surface area contributed by atoms with E-state index in [1.807, 2.05) is 53.1 Å². The number of halogens is 1. The smallest absolute Gasteiger partial charge is 0.254 e. The van der Waals surface area contributed by atoms with Gasteiger partial charge in [0.05, 0.1) is 5.52 Å². The Balaban J connectivity index is 1.02. The van der Waals surface area contributed by atoms with Gasteiger partial charge >= 0.3 is 0 Å². The van der Waals surface area contributed by atoms with Crippen LogP contribution in [0.15, 0.2) is 82.4 Å². The molecule has 1 unspecified atom stereocenters. The molecule has 0 N–H and O–H groups in total. The third-order valence-corrected chi connectivity index (χ3v) is 9.52. The Kier molecular flexibility index (Phi) is 9.28. The monoisotopic (exact) mass is 670 g/mol. The molecule has 1 aliphatic rings. The molecule has 1 aliphatic heterocycles. The first-order valence-electron chi connectivity index (χ1n) is 15.0. The Morgan fingerprint density at radius 3 is 2.64 bits per heavy atom. The number of thioether (sulfide) groups is 1. The van der Waals surface area contributed by atoms with Crippen LogP contribution < -0.4 is 0 Å². The summed E-state index contributed by atoms with van der Waals surface area (Å²) in [5.74, 6) is 0.967. The number of aryl methyl sites for hydroxylation is 1. The zero-order chi connectivity index (χ0) is 30.6. The second-order valence-corrected chi connectivity index (χ2v) is 13.3. The third kappa shape index (κ3) is 6.66. The van der Waals surface area contributed by atoms with Crippen molar-refractivity contribution in [1.29, 1.82) is 0 Å². The van der Waals surface area contributed by atoms with Crippen LogP contribution in [-0.4, -0.2) is 72.8 Å². The molecule has 10 heteroatoms. The first kappa shape index (κ1) is 30.3.